The third-order valence-electron chi connectivity index (χ3n) is 2.26. The van der Waals surface area contributed by atoms with Gasteiger partial charge in [0.15, 0.2) is 0 Å². The summed E-state index contributed by atoms with van der Waals surface area (Å²) in [6, 6.07) is 0. The van der Waals surface area contributed by atoms with Gasteiger partial charge in [-0.1, -0.05) is 6.92 Å². The lowest BCUT2D eigenvalue weighted by atomic mass is 10.0. The monoisotopic (exact) mass is 228 g/mol. The molecule has 0 heterocycles. The van der Waals surface area contributed by atoms with Crippen molar-refractivity contribution in [2.45, 2.75) is 32.0 Å². The molecule has 6 heteroatoms. The normalized spacial score (nSPS) is 16.8. The molecule has 0 aromatic heterocycles. The number of alkyl halides is 3. The molecule has 0 fully saturated rings. The van der Waals surface area contributed by atoms with Crippen molar-refractivity contribution >= 4 is 0 Å². The summed E-state index contributed by atoms with van der Waals surface area (Å²) in [5.74, 6) is 0. The third kappa shape index (κ3) is 7.58. The fourth-order valence-corrected chi connectivity index (χ4v) is 1.10. The summed E-state index contributed by atoms with van der Waals surface area (Å²) >= 11 is 0. The molecule has 3 N–H and O–H groups in total. The second-order valence-corrected chi connectivity index (χ2v) is 3.94. The molecular formula is C9H19F3N2O. The van der Waals surface area contributed by atoms with Gasteiger partial charge in [-0.05, 0) is 19.9 Å². The topological polar surface area (TPSA) is 49.5 Å². The summed E-state index contributed by atoms with van der Waals surface area (Å²) < 4.78 is 36.2. The first kappa shape index (κ1) is 14.7. The average Bonchev–Trinajstić information content (AvgIpc) is 2.10. The molecule has 92 valence electrons. The van der Waals surface area contributed by atoms with Gasteiger partial charge < -0.3 is 10.8 Å². The number of aliphatic hydroxyl groups is 1. The first-order valence-corrected chi connectivity index (χ1v) is 4.92. The first-order valence-electron chi connectivity index (χ1n) is 4.92. The van der Waals surface area contributed by atoms with Crippen LogP contribution in [0.15, 0.2) is 0 Å². The van der Waals surface area contributed by atoms with Crippen LogP contribution in [0.3, 0.4) is 0 Å². The van der Waals surface area contributed by atoms with Crippen LogP contribution in [0.2, 0.25) is 0 Å². The maximum atomic E-state index is 12.1. The quantitative estimate of drug-likeness (QED) is 0.712. The van der Waals surface area contributed by atoms with Gasteiger partial charge in [0, 0.05) is 13.1 Å². The Morgan fingerprint density at radius 1 is 1.33 bits per heavy atom. The fraction of sp³-hybridized carbons (Fsp3) is 1.00. The van der Waals surface area contributed by atoms with E-state index < -0.39 is 18.3 Å². The lowest BCUT2D eigenvalue weighted by Crippen LogP contribution is -2.41. The highest BCUT2D eigenvalue weighted by Gasteiger charge is 2.30. The van der Waals surface area contributed by atoms with E-state index in [0.29, 0.717) is 6.54 Å². The minimum atomic E-state index is -4.19. The Labute approximate surface area is 88.0 Å². The lowest BCUT2D eigenvalue weighted by Gasteiger charge is -2.27. The smallest absolute Gasteiger partial charge is 0.389 e. The summed E-state index contributed by atoms with van der Waals surface area (Å²) in [6.45, 7) is 2.79. The molecule has 0 aliphatic heterocycles. The van der Waals surface area contributed by atoms with Gasteiger partial charge >= 0.3 is 6.18 Å². The molecule has 3 nitrogen and oxygen atoms in total. The summed E-state index contributed by atoms with van der Waals surface area (Å²) in [5, 5.41) is 9.53. The summed E-state index contributed by atoms with van der Waals surface area (Å²) in [7, 11) is 0. The second-order valence-electron chi connectivity index (χ2n) is 3.94. The highest BCUT2D eigenvalue weighted by atomic mass is 19.4. The van der Waals surface area contributed by atoms with E-state index in [4.69, 9.17) is 5.73 Å². The summed E-state index contributed by atoms with van der Waals surface area (Å²) in [5.41, 5.74) is 4.19. The van der Waals surface area contributed by atoms with Gasteiger partial charge in [0.25, 0.3) is 0 Å². The molecule has 15 heavy (non-hydrogen) atoms. The Kier molecular flexibility index (Phi) is 5.55. The fourth-order valence-electron chi connectivity index (χ4n) is 1.10. The molecule has 0 saturated carbocycles. The van der Waals surface area contributed by atoms with Crippen molar-refractivity contribution in [2.75, 3.05) is 26.2 Å². The highest BCUT2D eigenvalue weighted by molar-refractivity contribution is 4.75. The number of rotatable bonds is 6. The van der Waals surface area contributed by atoms with E-state index in [0.717, 1.165) is 0 Å². The molecule has 0 bridgehead atoms. The number of halogens is 3. The average molecular weight is 228 g/mol. The molecule has 1 unspecified atom stereocenters. The SMILES string of the molecule is CCN(CCC(C)(O)CN)CC(F)(F)F. The van der Waals surface area contributed by atoms with Gasteiger partial charge in [-0.3, -0.25) is 4.90 Å². The van der Waals surface area contributed by atoms with Crippen molar-refractivity contribution in [2.24, 2.45) is 5.73 Å². The molecule has 0 aliphatic rings. The summed E-state index contributed by atoms with van der Waals surface area (Å²) in [4.78, 5) is 1.24. The highest BCUT2D eigenvalue weighted by Crippen LogP contribution is 2.17. The Morgan fingerprint density at radius 2 is 1.87 bits per heavy atom. The zero-order valence-corrected chi connectivity index (χ0v) is 9.14. The zero-order valence-electron chi connectivity index (χ0n) is 9.14. The minimum absolute atomic E-state index is 0.0522. The molecule has 0 saturated heterocycles. The van der Waals surface area contributed by atoms with Gasteiger partial charge in [0.05, 0.1) is 12.1 Å². The third-order valence-corrected chi connectivity index (χ3v) is 2.26. The molecule has 0 aliphatic carbocycles. The maximum absolute atomic E-state index is 12.1. The molecule has 1 atom stereocenters. The summed E-state index contributed by atoms with van der Waals surface area (Å²) in [6.07, 6.45) is -3.95. The number of hydrogen-bond donors (Lipinski definition) is 2. The number of hydrogen-bond acceptors (Lipinski definition) is 3. The van der Waals surface area contributed by atoms with Crippen molar-refractivity contribution in [1.29, 1.82) is 0 Å². The van der Waals surface area contributed by atoms with E-state index in [-0.39, 0.29) is 19.5 Å². The van der Waals surface area contributed by atoms with Crippen LogP contribution in [0.1, 0.15) is 20.3 Å². The standard InChI is InChI=1S/C9H19F3N2O/c1-3-14(7-9(10,11)12)5-4-8(2,15)6-13/h15H,3-7,13H2,1-2H3. The van der Waals surface area contributed by atoms with Gasteiger partial charge in [-0.25, -0.2) is 0 Å². The van der Waals surface area contributed by atoms with Crippen molar-refractivity contribution in [3.63, 3.8) is 0 Å². The van der Waals surface area contributed by atoms with Crippen LogP contribution in [0.4, 0.5) is 13.2 Å². The van der Waals surface area contributed by atoms with E-state index in [9.17, 15) is 18.3 Å². The Balaban J connectivity index is 4.01. The van der Waals surface area contributed by atoms with Crippen LogP contribution < -0.4 is 5.73 Å². The molecule has 0 radical (unpaired) electrons. The Hall–Kier alpha value is -0.330. The van der Waals surface area contributed by atoms with E-state index >= 15 is 0 Å². The largest absolute Gasteiger partial charge is 0.401 e. The van der Waals surface area contributed by atoms with Crippen molar-refractivity contribution in [3.05, 3.63) is 0 Å². The maximum Gasteiger partial charge on any atom is 0.401 e. The van der Waals surface area contributed by atoms with Gasteiger partial charge in [0.1, 0.15) is 0 Å². The van der Waals surface area contributed by atoms with E-state index in [1.807, 2.05) is 0 Å². The first-order chi connectivity index (χ1) is 6.70. The molecular weight excluding hydrogens is 209 g/mol. The molecule has 0 amide bonds. The van der Waals surface area contributed by atoms with Gasteiger partial charge in [-0.15, -0.1) is 0 Å². The number of nitrogens with two attached hydrogens (primary N) is 1. The molecule has 0 aromatic rings. The molecule has 0 spiro atoms. The molecule has 0 aromatic carbocycles. The zero-order chi connectivity index (χ0) is 12.1. The van der Waals surface area contributed by atoms with Gasteiger partial charge in [0.2, 0.25) is 0 Å². The van der Waals surface area contributed by atoms with Crippen LogP contribution in [-0.2, 0) is 0 Å². The van der Waals surface area contributed by atoms with Crippen LogP contribution in [0.25, 0.3) is 0 Å². The molecule has 0 rings (SSSR count). The Morgan fingerprint density at radius 3 is 2.20 bits per heavy atom. The van der Waals surface area contributed by atoms with Crippen molar-refractivity contribution < 1.29 is 18.3 Å². The van der Waals surface area contributed by atoms with Crippen LogP contribution in [0, 0.1) is 0 Å². The van der Waals surface area contributed by atoms with Crippen LogP contribution in [-0.4, -0.2) is 48.0 Å². The lowest BCUT2D eigenvalue weighted by molar-refractivity contribution is -0.146. The van der Waals surface area contributed by atoms with Gasteiger partial charge in [-0.2, -0.15) is 13.2 Å². The van der Waals surface area contributed by atoms with Crippen LogP contribution in [0.5, 0.6) is 0 Å². The van der Waals surface area contributed by atoms with E-state index in [1.54, 1.807) is 6.92 Å². The predicted octanol–water partition coefficient (Wildman–Crippen LogP) is 0.970. The van der Waals surface area contributed by atoms with E-state index in [1.165, 1.54) is 11.8 Å². The van der Waals surface area contributed by atoms with Crippen molar-refractivity contribution in [3.8, 4) is 0 Å². The van der Waals surface area contributed by atoms with Crippen molar-refractivity contribution in [1.82, 2.24) is 4.90 Å². The van der Waals surface area contributed by atoms with Crippen LogP contribution >= 0.6 is 0 Å². The van der Waals surface area contributed by atoms with E-state index in [2.05, 4.69) is 0 Å². The minimum Gasteiger partial charge on any atom is -0.389 e. The second kappa shape index (κ2) is 5.67. The Bertz CT molecular complexity index is 183. The predicted molar refractivity (Wildman–Crippen MR) is 52.5 cm³/mol. The number of nitrogens with zero attached hydrogens (tertiary/aromatic N) is 1.